The molecule has 13 nitrogen and oxygen atoms in total. The average Bonchev–Trinajstić information content (AvgIpc) is 3.23. The Morgan fingerprint density at radius 2 is 1.43 bits per heavy atom. The molecule has 1 saturated heterocycles. The second kappa shape index (κ2) is 15.1. The van der Waals surface area contributed by atoms with E-state index in [1.54, 1.807) is 47.6 Å². The van der Waals surface area contributed by atoms with Crippen molar-refractivity contribution in [2.45, 2.75) is 125 Å². The number of Topliss-reactive ketones (excluding diaryl/α,β-unsaturated/α-hetero) is 1. The zero-order valence-electron chi connectivity index (χ0n) is 30.1. The molecule has 1 aliphatic carbocycles. The number of hydrogen-bond donors (Lipinski definition) is 4. The monoisotopic (exact) mass is 663 g/mol. The summed E-state index contributed by atoms with van der Waals surface area (Å²) in [6.45, 7) is 24.3. The van der Waals surface area contributed by atoms with Crippen molar-refractivity contribution in [3.63, 3.8) is 0 Å². The van der Waals surface area contributed by atoms with Crippen molar-refractivity contribution in [1.82, 2.24) is 26.2 Å². The molecule has 1 heterocycles. The molecule has 4 N–H and O–H groups in total. The minimum Gasteiger partial charge on any atom is -0.444 e. The minimum absolute atomic E-state index is 0.0595. The lowest BCUT2D eigenvalue weighted by Gasteiger charge is -2.38. The number of nitrogens with one attached hydrogen (secondary N) is 4. The van der Waals surface area contributed by atoms with E-state index in [4.69, 9.17) is 9.47 Å². The lowest BCUT2D eigenvalue weighted by atomic mass is 9.85. The Balaban J connectivity index is 2.15. The fourth-order valence-electron chi connectivity index (χ4n) is 5.90. The van der Waals surface area contributed by atoms with E-state index in [2.05, 4.69) is 27.8 Å². The smallest absolute Gasteiger partial charge is 0.408 e. The number of carbonyl (C=O) groups is 6. The molecule has 5 amide bonds. The molecule has 266 valence electrons. The quantitative estimate of drug-likeness (QED) is 0.132. The van der Waals surface area contributed by atoms with E-state index in [1.165, 1.54) is 4.90 Å². The van der Waals surface area contributed by atoms with Crippen LogP contribution in [0.25, 0.3) is 0 Å². The van der Waals surface area contributed by atoms with Gasteiger partial charge in [-0.15, -0.1) is 6.58 Å². The Morgan fingerprint density at radius 1 is 0.872 bits per heavy atom. The van der Waals surface area contributed by atoms with Crippen molar-refractivity contribution in [3.05, 3.63) is 12.7 Å². The first-order valence-corrected chi connectivity index (χ1v) is 16.4. The number of carbonyl (C=O) groups excluding carboxylic acids is 6. The molecule has 0 aromatic heterocycles. The predicted molar refractivity (Wildman–Crippen MR) is 177 cm³/mol. The number of allylic oxidation sites excluding steroid dienone is 1. The van der Waals surface area contributed by atoms with Crippen LogP contribution in [0.3, 0.4) is 0 Å². The standard InChI is InChI=1S/C34H57N5O8/c1-13-14-16-21(24(40)27(42)35-17-15-18-36-29(44)46-32(5,6)7)37-26(41)23-22-20(34(22,11)12)19-39(23)28(43)25(31(2,3)4)38-30(45)47-33(8,9)10/h13,20-23,25H,1,14-19H2,2-12H3,(H,35,42)(H,36,44)(H,37,41)(H,38,45)/t20?,21?,22?,23?,25-/m1/s1. The van der Waals surface area contributed by atoms with Crippen molar-refractivity contribution in [3.8, 4) is 0 Å². The number of amides is 5. The molecule has 2 rings (SSSR count). The number of piperidine rings is 1. The van der Waals surface area contributed by atoms with E-state index in [-0.39, 0.29) is 36.8 Å². The molecule has 0 radical (unpaired) electrons. The van der Waals surface area contributed by atoms with Crippen molar-refractivity contribution >= 4 is 35.7 Å². The van der Waals surface area contributed by atoms with Gasteiger partial charge < -0.3 is 35.6 Å². The zero-order valence-corrected chi connectivity index (χ0v) is 30.1. The lowest BCUT2D eigenvalue weighted by molar-refractivity contribution is -0.145. The van der Waals surface area contributed by atoms with Crippen LogP contribution in [0, 0.1) is 22.7 Å². The maximum atomic E-state index is 14.1. The van der Waals surface area contributed by atoms with Crippen LogP contribution in [0.2, 0.25) is 0 Å². The zero-order chi connectivity index (χ0) is 36.1. The molecule has 0 aromatic carbocycles. The summed E-state index contributed by atoms with van der Waals surface area (Å²) in [4.78, 5) is 80.1. The molecule has 47 heavy (non-hydrogen) atoms. The minimum atomic E-state index is -1.14. The first kappa shape index (κ1) is 39.5. The summed E-state index contributed by atoms with van der Waals surface area (Å²) in [7, 11) is 0. The van der Waals surface area contributed by atoms with Gasteiger partial charge in [0.2, 0.25) is 17.6 Å². The van der Waals surface area contributed by atoms with Crippen LogP contribution in [-0.2, 0) is 28.7 Å². The van der Waals surface area contributed by atoms with Gasteiger partial charge in [-0.25, -0.2) is 9.59 Å². The SMILES string of the molecule is C=CCCC(NC(=O)C1C2C(CN1C(=O)[C@@H](NC(=O)OC(C)(C)C)C(C)(C)C)C2(C)C)C(=O)C(=O)NCCCNC(=O)OC(C)(C)C. The van der Waals surface area contributed by atoms with Gasteiger partial charge in [0, 0.05) is 19.6 Å². The maximum Gasteiger partial charge on any atom is 0.408 e. The van der Waals surface area contributed by atoms with Gasteiger partial charge in [-0.05, 0) is 83.5 Å². The molecular formula is C34H57N5O8. The Kier molecular flexibility index (Phi) is 12.7. The van der Waals surface area contributed by atoms with Crippen molar-refractivity contribution in [2.75, 3.05) is 19.6 Å². The summed E-state index contributed by atoms with van der Waals surface area (Å²) in [5.41, 5.74) is -2.33. The number of fused-ring (bicyclic) bond motifs is 1. The van der Waals surface area contributed by atoms with Gasteiger partial charge in [0.1, 0.15) is 23.3 Å². The molecule has 2 fully saturated rings. The third-order valence-electron chi connectivity index (χ3n) is 8.36. The second-order valence-electron chi connectivity index (χ2n) is 16.2. The lowest BCUT2D eigenvalue weighted by Crippen LogP contribution is -2.60. The average molecular weight is 664 g/mol. The maximum absolute atomic E-state index is 14.1. The molecule has 1 saturated carbocycles. The molecule has 0 aromatic rings. The number of ketones is 1. The van der Waals surface area contributed by atoms with Crippen molar-refractivity contribution in [1.29, 1.82) is 0 Å². The molecule has 13 heteroatoms. The Bertz CT molecular complexity index is 1210. The number of ether oxygens (including phenoxy) is 2. The van der Waals surface area contributed by atoms with Gasteiger partial charge in [0.25, 0.3) is 5.91 Å². The highest BCUT2D eigenvalue weighted by Gasteiger charge is 2.70. The first-order valence-electron chi connectivity index (χ1n) is 16.4. The number of nitrogens with zero attached hydrogens (tertiary/aromatic N) is 1. The largest absolute Gasteiger partial charge is 0.444 e. The number of rotatable bonds is 13. The van der Waals surface area contributed by atoms with Crippen LogP contribution >= 0.6 is 0 Å². The summed E-state index contributed by atoms with van der Waals surface area (Å²) in [5, 5.41) is 10.6. The Labute approximate surface area is 279 Å². The summed E-state index contributed by atoms with van der Waals surface area (Å²) in [6, 6.07) is -3.02. The highest BCUT2D eigenvalue weighted by Crippen LogP contribution is 2.65. The summed E-state index contributed by atoms with van der Waals surface area (Å²) >= 11 is 0. The van der Waals surface area contributed by atoms with Crippen LogP contribution in [0.15, 0.2) is 12.7 Å². The van der Waals surface area contributed by atoms with Crippen LogP contribution in [-0.4, -0.2) is 89.6 Å². The third-order valence-corrected chi connectivity index (χ3v) is 8.36. The van der Waals surface area contributed by atoms with Gasteiger partial charge in [-0.3, -0.25) is 19.2 Å². The molecule has 1 aliphatic heterocycles. The fourth-order valence-corrected chi connectivity index (χ4v) is 5.90. The topological polar surface area (TPSA) is 172 Å². The van der Waals surface area contributed by atoms with Crippen LogP contribution < -0.4 is 21.3 Å². The van der Waals surface area contributed by atoms with Crippen LogP contribution in [0.5, 0.6) is 0 Å². The van der Waals surface area contributed by atoms with Gasteiger partial charge in [-0.2, -0.15) is 0 Å². The van der Waals surface area contributed by atoms with E-state index in [0.29, 0.717) is 19.4 Å². The Morgan fingerprint density at radius 3 is 1.96 bits per heavy atom. The fraction of sp³-hybridized carbons (Fsp3) is 0.765. The highest BCUT2D eigenvalue weighted by atomic mass is 16.6. The van der Waals surface area contributed by atoms with Gasteiger partial charge in [0.05, 0.1) is 6.04 Å². The summed E-state index contributed by atoms with van der Waals surface area (Å²) in [6.07, 6.45) is 1.13. The molecule has 0 spiro atoms. The normalized spacial score (nSPS) is 21.3. The van der Waals surface area contributed by atoms with Crippen LogP contribution in [0.1, 0.15) is 95.4 Å². The molecule has 5 atom stereocenters. The molecule has 0 bridgehead atoms. The molecular weight excluding hydrogens is 606 g/mol. The van der Waals surface area contributed by atoms with E-state index in [9.17, 15) is 28.8 Å². The first-order chi connectivity index (χ1) is 21.4. The number of alkyl carbamates (subject to hydrolysis) is 2. The van der Waals surface area contributed by atoms with E-state index in [1.807, 2.05) is 34.6 Å². The number of hydrogen-bond acceptors (Lipinski definition) is 8. The number of likely N-dealkylation sites (tertiary alicyclic amines) is 1. The van der Waals surface area contributed by atoms with E-state index in [0.717, 1.165) is 0 Å². The Hall–Kier alpha value is -3.64. The van der Waals surface area contributed by atoms with E-state index < -0.39 is 70.4 Å². The van der Waals surface area contributed by atoms with Crippen molar-refractivity contribution < 1.29 is 38.2 Å². The van der Waals surface area contributed by atoms with Crippen molar-refractivity contribution in [2.24, 2.45) is 22.7 Å². The third kappa shape index (κ3) is 11.2. The molecule has 4 unspecified atom stereocenters. The molecule has 2 aliphatic rings. The van der Waals surface area contributed by atoms with E-state index >= 15 is 0 Å². The van der Waals surface area contributed by atoms with Crippen LogP contribution in [0.4, 0.5) is 9.59 Å². The summed E-state index contributed by atoms with van der Waals surface area (Å²) < 4.78 is 10.6. The van der Waals surface area contributed by atoms with Gasteiger partial charge >= 0.3 is 12.2 Å². The highest BCUT2D eigenvalue weighted by molar-refractivity contribution is 6.38. The second-order valence-corrected chi connectivity index (χ2v) is 16.2. The van der Waals surface area contributed by atoms with Gasteiger partial charge in [0.15, 0.2) is 0 Å². The summed E-state index contributed by atoms with van der Waals surface area (Å²) in [5.74, 6) is -2.73. The predicted octanol–water partition coefficient (Wildman–Crippen LogP) is 3.46. The van der Waals surface area contributed by atoms with Gasteiger partial charge in [-0.1, -0.05) is 40.7 Å².